The molecule has 0 spiro atoms. The van der Waals surface area contributed by atoms with Gasteiger partial charge in [-0.2, -0.15) is 0 Å². The number of hydrogen-bond acceptors (Lipinski definition) is 4. The zero-order chi connectivity index (χ0) is 13.5. The summed E-state index contributed by atoms with van der Waals surface area (Å²) in [5.74, 6) is 0.196. The summed E-state index contributed by atoms with van der Waals surface area (Å²) in [7, 11) is 0. The van der Waals surface area contributed by atoms with Crippen molar-refractivity contribution in [2.75, 3.05) is 19.7 Å². The second kappa shape index (κ2) is 6.98. The summed E-state index contributed by atoms with van der Waals surface area (Å²) in [5, 5.41) is 14.2. The molecule has 0 bridgehead atoms. The molecule has 0 aliphatic heterocycles. The van der Waals surface area contributed by atoms with Crippen LogP contribution in [0.1, 0.15) is 6.92 Å². The van der Waals surface area contributed by atoms with Crippen molar-refractivity contribution in [1.29, 1.82) is 0 Å². The van der Waals surface area contributed by atoms with Gasteiger partial charge in [-0.1, -0.05) is 25.1 Å². The van der Waals surface area contributed by atoms with Gasteiger partial charge in [-0.3, -0.25) is 10.1 Å². The third-order valence-electron chi connectivity index (χ3n) is 2.17. The molecule has 0 radical (unpaired) electrons. The highest BCUT2D eigenvalue weighted by molar-refractivity contribution is 6.30. The smallest absolute Gasteiger partial charge is 0.312 e. The molecule has 0 aliphatic carbocycles. The van der Waals surface area contributed by atoms with Crippen LogP contribution >= 0.6 is 11.6 Å². The van der Waals surface area contributed by atoms with Crippen molar-refractivity contribution in [2.45, 2.75) is 6.92 Å². The Bertz CT molecular complexity index is 449. The molecule has 98 valence electrons. The van der Waals surface area contributed by atoms with Crippen molar-refractivity contribution < 1.29 is 9.66 Å². The summed E-state index contributed by atoms with van der Waals surface area (Å²) in [6.07, 6.45) is 0. The standard InChI is InChI=1S/C12H15ClN2O3/c1-3-14-7-9(2)8-18-12-5-4-10(13)6-11(12)15(16)17/h4-6,14H,2-3,7-8H2,1H3. The van der Waals surface area contributed by atoms with Crippen molar-refractivity contribution in [3.63, 3.8) is 0 Å². The molecule has 5 nitrogen and oxygen atoms in total. The lowest BCUT2D eigenvalue weighted by atomic mass is 10.3. The molecule has 1 aromatic rings. The number of nitrogens with zero attached hydrogens (tertiary/aromatic N) is 1. The number of benzene rings is 1. The molecule has 0 saturated heterocycles. The van der Waals surface area contributed by atoms with Crippen molar-refractivity contribution in [3.8, 4) is 5.75 Å². The number of likely N-dealkylation sites (N-methyl/N-ethyl adjacent to an activating group) is 1. The molecule has 0 amide bonds. The van der Waals surface area contributed by atoms with Crippen molar-refractivity contribution in [2.24, 2.45) is 0 Å². The first kappa shape index (κ1) is 14.5. The van der Waals surface area contributed by atoms with E-state index in [0.29, 0.717) is 11.6 Å². The van der Waals surface area contributed by atoms with E-state index in [4.69, 9.17) is 16.3 Å². The Morgan fingerprint density at radius 1 is 1.61 bits per heavy atom. The normalized spacial score (nSPS) is 10.1. The quantitative estimate of drug-likeness (QED) is 0.470. The van der Waals surface area contributed by atoms with E-state index in [-0.39, 0.29) is 18.0 Å². The van der Waals surface area contributed by atoms with Crippen LogP contribution in [0.3, 0.4) is 0 Å². The molecule has 0 aliphatic rings. The minimum absolute atomic E-state index is 0.140. The first-order chi connectivity index (χ1) is 8.54. The van der Waals surface area contributed by atoms with Gasteiger partial charge in [0.25, 0.3) is 0 Å². The van der Waals surface area contributed by atoms with Crippen molar-refractivity contribution >= 4 is 17.3 Å². The Kier molecular flexibility index (Phi) is 5.61. The fraction of sp³-hybridized carbons (Fsp3) is 0.333. The lowest BCUT2D eigenvalue weighted by Crippen LogP contribution is -2.19. The lowest BCUT2D eigenvalue weighted by molar-refractivity contribution is -0.385. The van der Waals surface area contributed by atoms with E-state index in [2.05, 4.69) is 11.9 Å². The van der Waals surface area contributed by atoms with Crippen molar-refractivity contribution in [1.82, 2.24) is 5.32 Å². The predicted octanol–water partition coefficient (Wildman–Crippen LogP) is 2.79. The van der Waals surface area contributed by atoms with Gasteiger partial charge >= 0.3 is 5.69 Å². The van der Waals surface area contributed by atoms with Crippen LogP contribution in [0.25, 0.3) is 0 Å². The van der Waals surface area contributed by atoms with E-state index in [0.717, 1.165) is 12.1 Å². The highest BCUT2D eigenvalue weighted by Crippen LogP contribution is 2.29. The van der Waals surface area contributed by atoms with Crippen LogP contribution < -0.4 is 10.1 Å². The molecule has 0 unspecified atom stereocenters. The second-order valence-electron chi connectivity index (χ2n) is 3.69. The van der Waals surface area contributed by atoms with Gasteiger partial charge in [-0.05, 0) is 24.3 Å². The van der Waals surface area contributed by atoms with E-state index in [1.807, 2.05) is 6.92 Å². The molecule has 1 aromatic carbocycles. The highest BCUT2D eigenvalue weighted by Gasteiger charge is 2.15. The van der Waals surface area contributed by atoms with Gasteiger partial charge in [-0.15, -0.1) is 0 Å². The minimum Gasteiger partial charge on any atom is -0.482 e. The van der Waals surface area contributed by atoms with Crippen molar-refractivity contribution in [3.05, 3.63) is 45.5 Å². The zero-order valence-electron chi connectivity index (χ0n) is 10.1. The average Bonchev–Trinajstić information content (AvgIpc) is 2.34. The maximum absolute atomic E-state index is 10.8. The van der Waals surface area contributed by atoms with Gasteiger partial charge in [0.2, 0.25) is 0 Å². The lowest BCUT2D eigenvalue weighted by Gasteiger charge is -2.09. The first-order valence-corrected chi connectivity index (χ1v) is 5.86. The Hall–Kier alpha value is -1.59. The summed E-state index contributed by atoms with van der Waals surface area (Å²) in [6, 6.07) is 4.31. The maximum atomic E-state index is 10.8. The summed E-state index contributed by atoms with van der Waals surface area (Å²) in [6.45, 7) is 7.49. The van der Waals surface area contributed by atoms with Gasteiger partial charge in [0.1, 0.15) is 6.61 Å². The third-order valence-corrected chi connectivity index (χ3v) is 2.41. The van der Waals surface area contributed by atoms with Crippen LogP contribution in [0, 0.1) is 10.1 Å². The van der Waals surface area contributed by atoms with Gasteiger partial charge in [0, 0.05) is 17.6 Å². The van der Waals surface area contributed by atoms with Crippen LogP contribution in [0.4, 0.5) is 5.69 Å². The van der Waals surface area contributed by atoms with Crippen LogP contribution in [0.5, 0.6) is 5.75 Å². The molecule has 6 heteroatoms. The Morgan fingerprint density at radius 2 is 2.33 bits per heavy atom. The van der Waals surface area contributed by atoms with Gasteiger partial charge in [-0.25, -0.2) is 0 Å². The van der Waals surface area contributed by atoms with E-state index < -0.39 is 4.92 Å². The number of halogens is 1. The average molecular weight is 271 g/mol. The highest BCUT2D eigenvalue weighted by atomic mass is 35.5. The predicted molar refractivity (Wildman–Crippen MR) is 71.3 cm³/mol. The topological polar surface area (TPSA) is 64.4 Å². The SMILES string of the molecule is C=C(CNCC)COc1ccc(Cl)cc1[N+](=O)[O-]. The molecule has 18 heavy (non-hydrogen) atoms. The fourth-order valence-corrected chi connectivity index (χ4v) is 1.45. The molecule has 0 heterocycles. The monoisotopic (exact) mass is 270 g/mol. The van der Waals surface area contributed by atoms with Crippen LogP contribution in [-0.2, 0) is 0 Å². The summed E-state index contributed by atoms with van der Waals surface area (Å²) < 4.78 is 5.37. The van der Waals surface area contributed by atoms with Gasteiger partial charge in [0.05, 0.1) is 4.92 Å². The number of nitro benzene ring substituents is 1. The number of nitrogens with one attached hydrogen (secondary N) is 1. The minimum atomic E-state index is -0.520. The Morgan fingerprint density at radius 3 is 2.94 bits per heavy atom. The van der Waals surface area contributed by atoms with E-state index in [1.165, 1.54) is 12.1 Å². The Balaban J connectivity index is 2.67. The zero-order valence-corrected chi connectivity index (χ0v) is 10.9. The molecule has 0 saturated carbocycles. The molecule has 1 N–H and O–H groups in total. The molecule has 0 atom stereocenters. The molecular formula is C12H15ClN2O3. The number of nitro groups is 1. The van der Waals surface area contributed by atoms with Crippen LogP contribution in [0.2, 0.25) is 5.02 Å². The number of hydrogen-bond donors (Lipinski definition) is 1. The summed E-state index contributed by atoms with van der Waals surface area (Å²) >= 11 is 5.70. The fourth-order valence-electron chi connectivity index (χ4n) is 1.29. The molecule has 1 rings (SSSR count). The van der Waals surface area contributed by atoms with Crippen LogP contribution in [0.15, 0.2) is 30.4 Å². The molecular weight excluding hydrogens is 256 g/mol. The maximum Gasteiger partial charge on any atom is 0.312 e. The largest absolute Gasteiger partial charge is 0.482 e. The van der Waals surface area contributed by atoms with E-state index in [1.54, 1.807) is 6.07 Å². The summed E-state index contributed by atoms with van der Waals surface area (Å²) in [5.41, 5.74) is 0.680. The second-order valence-corrected chi connectivity index (χ2v) is 4.12. The summed E-state index contributed by atoms with van der Waals surface area (Å²) in [4.78, 5) is 10.3. The van der Waals surface area contributed by atoms with E-state index in [9.17, 15) is 10.1 Å². The van der Waals surface area contributed by atoms with E-state index >= 15 is 0 Å². The number of rotatable bonds is 7. The number of ether oxygens (including phenoxy) is 1. The molecule has 0 aromatic heterocycles. The first-order valence-electron chi connectivity index (χ1n) is 5.48. The van der Waals surface area contributed by atoms with Crippen LogP contribution in [-0.4, -0.2) is 24.6 Å². The van der Waals surface area contributed by atoms with Gasteiger partial charge in [0.15, 0.2) is 5.75 Å². The Labute approximate surface area is 111 Å². The third kappa shape index (κ3) is 4.35. The molecule has 0 fully saturated rings. The van der Waals surface area contributed by atoms with Gasteiger partial charge < -0.3 is 10.1 Å².